The summed E-state index contributed by atoms with van der Waals surface area (Å²) in [5, 5.41) is 0. The Hall–Kier alpha value is -1.25. The van der Waals surface area contributed by atoms with Crippen LogP contribution in [0.2, 0.25) is 0 Å². The monoisotopic (exact) mass is 181 g/mol. The quantitative estimate of drug-likeness (QED) is 0.713. The highest BCUT2D eigenvalue weighted by molar-refractivity contribution is 5.35. The maximum absolute atomic E-state index is 5.47. The molecule has 72 valence electrons. The van der Waals surface area contributed by atoms with Gasteiger partial charge in [-0.1, -0.05) is 6.92 Å². The molecule has 0 saturated heterocycles. The average molecular weight is 181 g/mol. The number of hydrogen-bond donors (Lipinski definition) is 0. The minimum absolute atomic E-state index is 0.555. The first-order valence-corrected chi connectivity index (χ1v) is 4.41. The van der Waals surface area contributed by atoms with Crippen LogP contribution in [0.25, 0.3) is 0 Å². The molecule has 0 spiro atoms. The maximum atomic E-state index is 5.47. The Bertz CT molecular complexity index is 274. The molecule has 0 aliphatic carbocycles. The highest BCUT2D eigenvalue weighted by Gasteiger charge is 2.04. The number of hydrogen-bond acceptors (Lipinski definition) is 3. The number of rotatable bonds is 4. The first-order chi connectivity index (χ1) is 6.27. The van der Waals surface area contributed by atoms with Crippen LogP contribution < -0.4 is 9.47 Å². The molecule has 1 aromatic heterocycles. The van der Waals surface area contributed by atoms with Gasteiger partial charge in [-0.05, 0) is 25.0 Å². The third-order valence-corrected chi connectivity index (χ3v) is 1.61. The van der Waals surface area contributed by atoms with Crippen molar-refractivity contribution >= 4 is 0 Å². The zero-order valence-electron chi connectivity index (χ0n) is 8.33. The van der Waals surface area contributed by atoms with E-state index in [2.05, 4.69) is 11.9 Å². The Balaban J connectivity index is 2.81. The number of aryl methyl sites for hydroxylation is 1. The molecule has 1 heterocycles. The van der Waals surface area contributed by atoms with Crippen LogP contribution >= 0.6 is 0 Å². The molecule has 3 nitrogen and oxygen atoms in total. The van der Waals surface area contributed by atoms with Gasteiger partial charge in [-0.2, -0.15) is 0 Å². The zero-order valence-corrected chi connectivity index (χ0v) is 8.33. The third-order valence-electron chi connectivity index (χ3n) is 1.61. The lowest BCUT2D eigenvalue weighted by atomic mass is 10.3. The molecule has 0 fully saturated rings. The van der Waals surface area contributed by atoms with Gasteiger partial charge in [0, 0.05) is 6.20 Å². The van der Waals surface area contributed by atoms with E-state index in [4.69, 9.17) is 9.47 Å². The third kappa shape index (κ3) is 2.61. The van der Waals surface area contributed by atoms with E-state index in [1.54, 1.807) is 13.3 Å². The van der Waals surface area contributed by atoms with E-state index in [0.717, 1.165) is 17.7 Å². The van der Waals surface area contributed by atoms with Crippen LogP contribution in [0.15, 0.2) is 12.3 Å². The van der Waals surface area contributed by atoms with Crippen molar-refractivity contribution in [2.24, 2.45) is 0 Å². The van der Waals surface area contributed by atoms with Crippen LogP contribution in [0.4, 0.5) is 0 Å². The summed E-state index contributed by atoms with van der Waals surface area (Å²) in [6.07, 6.45) is 2.74. The molecular formula is C10H15NO2. The second kappa shape index (κ2) is 4.70. The molecule has 0 atom stereocenters. The molecule has 1 aromatic rings. The maximum Gasteiger partial charge on any atom is 0.256 e. The Kier molecular flexibility index (Phi) is 3.55. The van der Waals surface area contributed by atoms with Crippen LogP contribution in [0, 0.1) is 6.92 Å². The predicted octanol–water partition coefficient (Wildman–Crippen LogP) is 2.19. The van der Waals surface area contributed by atoms with Gasteiger partial charge in [-0.25, -0.2) is 4.98 Å². The lowest BCUT2D eigenvalue weighted by molar-refractivity contribution is 0.288. The lowest BCUT2D eigenvalue weighted by Crippen LogP contribution is -1.99. The SMILES string of the molecule is CCCOc1cc(C)cnc1OC. The summed E-state index contributed by atoms with van der Waals surface area (Å²) in [4.78, 5) is 4.10. The largest absolute Gasteiger partial charge is 0.488 e. The van der Waals surface area contributed by atoms with Gasteiger partial charge in [-0.15, -0.1) is 0 Å². The minimum Gasteiger partial charge on any atom is -0.488 e. The Morgan fingerprint density at radius 1 is 1.46 bits per heavy atom. The fourth-order valence-corrected chi connectivity index (χ4v) is 0.999. The van der Waals surface area contributed by atoms with E-state index in [1.165, 1.54) is 0 Å². The standard InChI is InChI=1S/C10H15NO2/c1-4-5-13-9-6-8(2)7-11-10(9)12-3/h6-7H,4-5H2,1-3H3. The summed E-state index contributed by atoms with van der Waals surface area (Å²) in [5.74, 6) is 1.28. The first-order valence-electron chi connectivity index (χ1n) is 4.41. The van der Waals surface area contributed by atoms with Crippen LogP contribution in [0.5, 0.6) is 11.6 Å². The summed E-state index contributed by atoms with van der Waals surface area (Å²) in [7, 11) is 1.59. The fourth-order valence-electron chi connectivity index (χ4n) is 0.999. The first kappa shape index (κ1) is 9.84. The normalized spacial score (nSPS) is 9.77. The highest BCUT2D eigenvalue weighted by Crippen LogP contribution is 2.24. The van der Waals surface area contributed by atoms with E-state index in [1.807, 2.05) is 13.0 Å². The van der Waals surface area contributed by atoms with Gasteiger partial charge >= 0.3 is 0 Å². The molecule has 0 aliphatic rings. The van der Waals surface area contributed by atoms with Crippen molar-refractivity contribution in [3.05, 3.63) is 17.8 Å². The number of methoxy groups -OCH3 is 1. The van der Waals surface area contributed by atoms with Crippen LogP contribution in [-0.2, 0) is 0 Å². The summed E-state index contributed by atoms with van der Waals surface area (Å²) in [5.41, 5.74) is 1.08. The Labute approximate surface area is 78.7 Å². The molecule has 0 N–H and O–H groups in total. The van der Waals surface area contributed by atoms with Crippen LogP contribution in [0.1, 0.15) is 18.9 Å². The summed E-state index contributed by atoms with van der Waals surface area (Å²) < 4.78 is 10.5. The van der Waals surface area contributed by atoms with Crippen molar-refractivity contribution in [3.63, 3.8) is 0 Å². The van der Waals surface area contributed by atoms with Crippen molar-refractivity contribution < 1.29 is 9.47 Å². The van der Waals surface area contributed by atoms with Gasteiger partial charge in [0.2, 0.25) is 0 Å². The Morgan fingerprint density at radius 3 is 2.85 bits per heavy atom. The number of aromatic nitrogens is 1. The van der Waals surface area contributed by atoms with Crippen molar-refractivity contribution in [2.75, 3.05) is 13.7 Å². The molecule has 0 unspecified atom stereocenters. The van der Waals surface area contributed by atoms with Crippen molar-refractivity contribution in [2.45, 2.75) is 20.3 Å². The molecule has 0 aromatic carbocycles. The van der Waals surface area contributed by atoms with Gasteiger partial charge in [0.15, 0.2) is 5.75 Å². The van der Waals surface area contributed by atoms with Crippen LogP contribution in [-0.4, -0.2) is 18.7 Å². The van der Waals surface area contributed by atoms with Gasteiger partial charge in [0.1, 0.15) is 0 Å². The molecule has 0 saturated carbocycles. The molecule has 1 rings (SSSR count). The predicted molar refractivity (Wildman–Crippen MR) is 51.3 cm³/mol. The molecule has 0 radical (unpaired) electrons. The van der Waals surface area contributed by atoms with E-state index in [9.17, 15) is 0 Å². The van der Waals surface area contributed by atoms with Gasteiger partial charge in [-0.3, -0.25) is 0 Å². The van der Waals surface area contributed by atoms with Gasteiger partial charge < -0.3 is 9.47 Å². The minimum atomic E-state index is 0.555. The smallest absolute Gasteiger partial charge is 0.256 e. The Morgan fingerprint density at radius 2 is 2.23 bits per heavy atom. The van der Waals surface area contributed by atoms with Crippen molar-refractivity contribution in [1.82, 2.24) is 4.98 Å². The highest BCUT2D eigenvalue weighted by atomic mass is 16.5. The lowest BCUT2D eigenvalue weighted by Gasteiger charge is -2.08. The van der Waals surface area contributed by atoms with Gasteiger partial charge in [0.25, 0.3) is 5.88 Å². The summed E-state index contributed by atoms with van der Waals surface area (Å²) >= 11 is 0. The molecule has 13 heavy (non-hydrogen) atoms. The van der Waals surface area contributed by atoms with E-state index in [-0.39, 0.29) is 0 Å². The number of pyridine rings is 1. The second-order valence-electron chi connectivity index (χ2n) is 2.87. The number of ether oxygens (including phenoxy) is 2. The average Bonchev–Trinajstić information content (AvgIpc) is 2.15. The van der Waals surface area contributed by atoms with Gasteiger partial charge in [0.05, 0.1) is 13.7 Å². The second-order valence-corrected chi connectivity index (χ2v) is 2.87. The molecule has 3 heteroatoms. The number of nitrogens with zero attached hydrogens (tertiary/aromatic N) is 1. The van der Waals surface area contributed by atoms with E-state index in [0.29, 0.717) is 12.5 Å². The van der Waals surface area contributed by atoms with Crippen LogP contribution in [0.3, 0.4) is 0 Å². The molecule has 0 amide bonds. The van der Waals surface area contributed by atoms with Crippen molar-refractivity contribution in [1.29, 1.82) is 0 Å². The zero-order chi connectivity index (χ0) is 9.68. The molecule has 0 aliphatic heterocycles. The summed E-state index contributed by atoms with van der Waals surface area (Å²) in [6.45, 7) is 4.74. The molecule has 0 bridgehead atoms. The molecular weight excluding hydrogens is 166 g/mol. The van der Waals surface area contributed by atoms with E-state index < -0.39 is 0 Å². The van der Waals surface area contributed by atoms with E-state index >= 15 is 0 Å². The topological polar surface area (TPSA) is 31.4 Å². The summed E-state index contributed by atoms with van der Waals surface area (Å²) in [6, 6.07) is 1.93. The fraction of sp³-hybridized carbons (Fsp3) is 0.500. The van der Waals surface area contributed by atoms with Crippen molar-refractivity contribution in [3.8, 4) is 11.6 Å².